The number of benzene rings is 4. The van der Waals surface area contributed by atoms with Crippen molar-refractivity contribution < 1.29 is 4.74 Å². The predicted molar refractivity (Wildman–Crippen MR) is 169 cm³/mol. The third-order valence-electron chi connectivity index (χ3n) is 6.90. The van der Waals surface area contributed by atoms with Gasteiger partial charge in [0.05, 0.1) is 0 Å². The van der Waals surface area contributed by atoms with Gasteiger partial charge in [0.2, 0.25) is 0 Å². The molecule has 0 N–H and O–H groups in total. The van der Waals surface area contributed by atoms with Crippen LogP contribution in [0.4, 0.5) is 0 Å². The van der Waals surface area contributed by atoms with Gasteiger partial charge in [-0.25, -0.2) is 0 Å². The second kappa shape index (κ2) is 13.7. The van der Waals surface area contributed by atoms with Gasteiger partial charge in [-0.1, -0.05) is 96.1 Å². The van der Waals surface area contributed by atoms with E-state index in [9.17, 15) is 0 Å². The summed E-state index contributed by atoms with van der Waals surface area (Å²) >= 11 is 12.0. The zero-order valence-corrected chi connectivity index (χ0v) is 24.7. The van der Waals surface area contributed by atoms with Crippen LogP contribution in [0.3, 0.4) is 0 Å². The minimum atomic E-state index is 0.535. The molecular formula is C36H36Cl2O. The van der Waals surface area contributed by atoms with Crippen LogP contribution >= 0.6 is 23.2 Å². The van der Waals surface area contributed by atoms with Crippen molar-refractivity contribution in [2.75, 3.05) is 0 Å². The van der Waals surface area contributed by atoms with Crippen molar-refractivity contribution in [1.29, 1.82) is 0 Å². The van der Waals surface area contributed by atoms with Gasteiger partial charge >= 0.3 is 0 Å². The highest BCUT2D eigenvalue weighted by atomic mass is 35.5. The Morgan fingerprint density at radius 1 is 0.564 bits per heavy atom. The SMILES string of the molecule is Cc1ccc(Oc2ccc(C)cc2C/C=C/c2ccc(CCl)cc2C)c(C/C=C/c2ccc(CCl)cc2C)c1. The van der Waals surface area contributed by atoms with E-state index in [4.69, 9.17) is 27.9 Å². The van der Waals surface area contributed by atoms with Crippen molar-refractivity contribution in [3.8, 4) is 11.5 Å². The first kappa shape index (κ1) is 28.7. The Hall–Kier alpha value is -3.26. The molecule has 0 unspecified atom stereocenters. The molecule has 200 valence electrons. The predicted octanol–water partition coefficient (Wildman–Crippen LogP) is 10.7. The van der Waals surface area contributed by atoms with Crippen molar-refractivity contribution >= 4 is 35.4 Å². The van der Waals surface area contributed by atoms with Crippen LogP contribution in [0.15, 0.2) is 84.9 Å². The number of alkyl halides is 2. The summed E-state index contributed by atoms with van der Waals surface area (Å²) in [6.45, 7) is 8.49. The van der Waals surface area contributed by atoms with Crippen LogP contribution in [0.5, 0.6) is 11.5 Å². The summed E-state index contributed by atoms with van der Waals surface area (Å²) in [7, 11) is 0. The second-order valence-electron chi connectivity index (χ2n) is 10.2. The lowest BCUT2D eigenvalue weighted by Crippen LogP contribution is -1.96. The van der Waals surface area contributed by atoms with E-state index < -0.39 is 0 Å². The largest absolute Gasteiger partial charge is 0.457 e. The summed E-state index contributed by atoms with van der Waals surface area (Å²) in [5.41, 5.74) is 11.9. The third-order valence-corrected chi connectivity index (χ3v) is 7.52. The molecule has 0 aliphatic carbocycles. The van der Waals surface area contributed by atoms with Gasteiger partial charge in [0.15, 0.2) is 0 Å². The van der Waals surface area contributed by atoms with E-state index in [1.807, 2.05) is 0 Å². The van der Waals surface area contributed by atoms with E-state index in [-0.39, 0.29) is 0 Å². The van der Waals surface area contributed by atoms with Crippen LogP contribution in [-0.4, -0.2) is 0 Å². The molecule has 0 radical (unpaired) electrons. The van der Waals surface area contributed by atoms with Crippen molar-refractivity contribution in [3.05, 3.63) is 141 Å². The number of allylic oxidation sites excluding steroid dienone is 2. The molecule has 0 fully saturated rings. The number of ether oxygens (including phenoxy) is 1. The first-order valence-corrected chi connectivity index (χ1v) is 14.4. The molecule has 39 heavy (non-hydrogen) atoms. The zero-order valence-electron chi connectivity index (χ0n) is 23.2. The van der Waals surface area contributed by atoms with E-state index in [2.05, 4.69) is 125 Å². The molecule has 0 spiro atoms. The molecule has 0 aliphatic heterocycles. The van der Waals surface area contributed by atoms with Crippen molar-refractivity contribution in [2.24, 2.45) is 0 Å². The Bertz CT molecular complexity index is 1380. The molecule has 0 saturated heterocycles. The lowest BCUT2D eigenvalue weighted by molar-refractivity contribution is 0.472. The fraction of sp³-hybridized carbons (Fsp3) is 0.222. The van der Waals surface area contributed by atoms with Crippen LogP contribution in [0.25, 0.3) is 12.2 Å². The zero-order chi connectivity index (χ0) is 27.8. The monoisotopic (exact) mass is 554 g/mol. The molecule has 0 bridgehead atoms. The van der Waals surface area contributed by atoms with Crippen LogP contribution in [0, 0.1) is 27.7 Å². The van der Waals surface area contributed by atoms with E-state index in [1.165, 1.54) is 44.5 Å². The maximum Gasteiger partial charge on any atom is 0.130 e. The van der Waals surface area contributed by atoms with Gasteiger partial charge in [-0.2, -0.15) is 0 Å². The summed E-state index contributed by atoms with van der Waals surface area (Å²) in [6.07, 6.45) is 10.4. The lowest BCUT2D eigenvalue weighted by atomic mass is 10.0. The molecular weight excluding hydrogens is 519 g/mol. The summed E-state index contributed by atoms with van der Waals surface area (Å²) in [4.78, 5) is 0. The number of halogens is 2. The lowest BCUT2D eigenvalue weighted by Gasteiger charge is -2.15. The molecule has 0 heterocycles. The van der Waals surface area contributed by atoms with E-state index in [0.717, 1.165) is 35.5 Å². The number of hydrogen-bond donors (Lipinski definition) is 0. The number of aryl methyl sites for hydroxylation is 4. The average molecular weight is 556 g/mol. The fourth-order valence-corrected chi connectivity index (χ4v) is 5.03. The number of hydrogen-bond acceptors (Lipinski definition) is 1. The number of rotatable bonds is 10. The highest BCUT2D eigenvalue weighted by Crippen LogP contribution is 2.31. The smallest absolute Gasteiger partial charge is 0.130 e. The van der Waals surface area contributed by atoms with Gasteiger partial charge in [-0.3, -0.25) is 0 Å². The van der Waals surface area contributed by atoms with Crippen LogP contribution < -0.4 is 4.74 Å². The Morgan fingerprint density at radius 3 is 1.38 bits per heavy atom. The molecule has 1 nitrogen and oxygen atoms in total. The standard InChI is InChI=1S/C36H36Cl2O/c1-25-11-17-35(33(19-25)9-5-7-31-15-13-29(23-37)21-27(31)3)39-36-18-12-26(2)20-34(36)10-6-8-32-16-14-30(24-38)22-28(32)4/h5-8,11-22H,9-10,23-24H2,1-4H3/b7-5+,8-6+. The minimum absolute atomic E-state index is 0.535. The molecule has 4 aromatic carbocycles. The van der Waals surface area contributed by atoms with Gasteiger partial charge in [0, 0.05) is 11.8 Å². The third kappa shape index (κ3) is 7.88. The molecule has 0 aromatic heterocycles. The van der Waals surface area contributed by atoms with Crippen molar-refractivity contribution in [2.45, 2.75) is 52.3 Å². The quantitative estimate of drug-likeness (QED) is 0.177. The van der Waals surface area contributed by atoms with Crippen molar-refractivity contribution in [1.82, 2.24) is 0 Å². The summed E-state index contributed by atoms with van der Waals surface area (Å²) in [5.74, 6) is 2.85. The first-order valence-electron chi connectivity index (χ1n) is 13.4. The van der Waals surface area contributed by atoms with Gasteiger partial charge in [0.25, 0.3) is 0 Å². The van der Waals surface area contributed by atoms with E-state index in [1.54, 1.807) is 0 Å². The fourth-order valence-electron chi connectivity index (χ4n) is 4.69. The van der Waals surface area contributed by atoms with Gasteiger partial charge in [0.1, 0.15) is 11.5 Å². The Balaban J connectivity index is 1.53. The van der Waals surface area contributed by atoms with E-state index >= 15 is 0 Å². The summed E-state index contributed by atoms with van der Waals surface area (Å²) < 4.78 is 6.57. The molecule has 3 heteroatoms. The Kier molecular flexibility index (Phi) is 10.1. The minimum Gasteiger partial charge on any atom is -0.457 e. The van der Waals surface area contributed by atoms with Crippen LogP contribution in [0.1, 0.15) is 55.6 Å². The molecule has 0 amide bonds. The Morgan fingerprint density at radius 2 is 1.00 bits per heavy atom. The van der Waals surface area contributed by atoms with E-state index in [0.29, 0.717) is 11.8 Å². The highest BCUT2D eigenvalue weighted by molar-refractivity contribution is 6.17. The first-order chi connectivity index (χ1) is 18.9. The summed E-state index contributed by atoms with van der Waals surface area (Å²) in [6, 6.07) is 25.6. The second-order valence-corrected chi connectivity index (χ2v) is 10.7. The topological polar surface area (TPSA) is 9.23 Å². The van der Waals surface area contributed by atoms with Crippen LogP contribution in [0.2, 0.25) is 0 Å². The maximum absolute atomic E-state index is 6.57. The van der Waals surface area contributed by atoms with Gasteiger partial charge in [-0.15, -0.1) is 23.2 Å². The molecule has 4 aromatic rings. The summed E-state index contributed by atoms with van der Waals surface area (Å²) in [5, 5.41) is 0. The average Bonchev–Trinajstić information content (AvgIpc) is 2.93. The molecule has 0 aliphatic rings. The Labute approximate surface area is 243 Å². The van der Waals surface area contributed by atoms with Crippen molar-refractivity contribution in [3.63, 3.8) is 0 Å². The molecule has 0 saturated carbocycles. The van der Waals surface area contributed by atoms with Crippen LogP contribution in [-0.2, 0) is 24.6 Å². The normalized spacial score (nSPS) is 11.5. The highest BCUT2D eigenvalue weighted by Gasteiger charge is 2.09. The maximum atomic E-state index is 6.57. The van der Waals surface area contributed by atoms with Gasteiger partial charge in [-0.05, 0) is 97.2 Å². The van der Waals surface area contributed by atoms with Gasteiger partial charge < -0.3 is 4.74 Å². The molecule has 0 atom stereocenters. The molecule has 4 rings (SSSR count).